The molecule has 0 fully saturated rings. The number of rotatable bonds is 0. The molecule has 0 saturated heterocycles. The fourth-order valence-electron chi connectivity index (χ4n) is 0. The van der Waals surface area contributed by atoms with Gasteiger partial charge in [0.2, 0.25) is 0 Å². The van der Waals surface area contributed by atoms with Gasteiger partial charge in [0.15, 0.2) is 0 Å². The molecule has 0 aliphatic rings. The molecule has 0 amide bonds. The van der Waals surface area contributed by atoms with Crippen LogP contribution in [0.25, 0.3) is 0 Å². The summed E-state index contributed by atoms with van der Waals surface area (Å²) in [6, 6.07) is 0. The zero-order valence-electron chi connectivity index (χ0n) is 17.7. The van der Waals surface area contributed by atoms with E-state index < -0.39 is 50.9 Å². The van der Waals surface area contributed by atoms with Gasteiger partial charge in [0, 0.05) is 0 Å². The Morgan fingerprint density at radius 1 is 0.190 bits per heavy atom. The predicted octanol–water partition coefficient (Wildman–Crippen LogP) is -2.39. The van der Waals surface area contributed by atoms with E-state index in [0.717, 1.165) is 0 Å². The first-order valence-corrected chi connectivity index (χ1v) is 5.48. The zero-order chi connectivity index (χ0) is 35.8. The molecule has 0 aliphatic carbocycles. The summed E-state index contributed by atoms with van der Waals surface area (Å²) in [6.45, 7) is 0. The fourth-order valence-corrected chi connectivity index (χ4v) is 0. The van der Waals surface area contributed by atoms with Crippen LogP contribution < -0.4 is 0 Å². The zero-order valence-corrected chi connectivity index (χ0v) is 26.0. The SMILES string of the molecule is O=[N+]([O-])[O-].O=[N+]([O-])[O-].O=[N+]([O-])[O-].O=[N+]([O-])[O-].O=[N+]([O-])[O-].O=[N+]([O-])[O-].O=[N+]([O-])[O-].O=[N+]([O-])[O-].O=[N+]([O-])[O-].O=[N+]([O-])[O-].[Th+4].[U+6]. The standard InChI is InChI=1S/10NO3.Th.U/c10*2-1(3)4;;/q10*-1;+4;+6. The van der Waals surface area contributed by atoms with Crippen LogP contribution >= 0.6 is 0 Å². The molecule has 40 nitrogen and oxygen atoms in total. The molecule has 0 bridgehead atoms. The van der Waals surface area contributed by atoms with E-state index in [4.69, 9.17) is 153 Å². The predicted molar refractivity (Wildman–Crippen MR) is 104 cm³/mol. The van der Waals surface area contributed by atoms with Crippen LogP contribution in [0.3, 0.4) is 0 Å². The van der Waals surface area contributed by atoms with Crippen LogP contribution in [0.4, 0.5) is 0 Å². The van der Waals surface area contributed by atoms with Gasteiger partial charge >= 0.3 is 71.1 Å². The van der Waals surface area contributed by atoms with Gasteiger partial charge in [-0.3, -0.25) is 0 Å². The summed E-state index contributed by atoms with van der Waals surface area (Å²) in [5, 5.41) is 148. The van der Waals surface area contributed by atoms with Crippen LogP contribution in [0.2, 0.25) is 0 Å². The normalized spacial score (nSPS) is 5.71. The van der Waals surface area contributed by atoms with Crippen molar-refractivity contribution >= 4 is 0 Å². The number of nitrogens with zero attached hydrogens (tertiary/aromatic N) is 10. The molecule has 238 valence electrons. The van der Waals surface area contributed by atoms with Gasteiger partial charge in [-0.15, -0.1) is 0 Å². The Hall–Kier alpha value is -5.62. The van der Waals surface area contributed by atoms with Gasteiger partial charge in [0.05, 0.1) is 50.9 Å². The molecular weight excluding hydrogens is 1090 g/mol. The summed E-state index contributed by atoms with van der Waals surface area (Å²) >= 11 is 0. The average molecular weight is 1090 g/mol. The van der Waals surface area contributed by atoms with E-state index in [9.17, 15) is 0 Å². The summed E-state index contributed by atoms with van der Waals surface area (Å²) in [4.78, 5) is 82.5. The maximum atomic E-state index is 8.25. The van der Waals surface area contributed by atoms with Crippen molar-refractivity contribution < 1.29 is 122 Å². The molecule has 42 heavy (non-hydrogen) atoms. The minimum atomic E-state index is -1.75. The quantitative estimate of drug-likeness (QED) is 0.180. The van der Waals surface area contributed by atoms with E-state index in [2.05, 4.69) is 0 Å². The van der Waals surface area contributed by atoms with E-state index in [-0.39, 0.29) is 71.1 Å². The third-order valence-electron chi connectivity index (χ3n) is 0. The first-order chi connectivity index (χ1) is 17.3. The van der Waals surface area contributed by atoms with Crippen LogP contribution in [0.1, 0.15) is 0 Å². The third-order valence-corrected chi connectivity index (χ3v) is 0. The molecule has 0 aromatic rings. The second kappa shape index (κ2) is 70.4. The fraction of sp³-hybridized carbons (Fsp3) is 0. The van der Waals surface area contributed by atoms with Gasteiger partial charge in [0.25, 0.3) is 0 Å². The van der Waals surface area contributed by atoms with Crippen LogP contribution in [-0.4, -0.2) is 50.9 Å². The largest absolute Gasteiger partial charge is 6.00 e. The second-order valence-corrected chi connectivity index (χ2v) is 2.24. The number of hydrogen-bond acceptors (Lipinski definition) is 30. The summed E-state index contributed by atoms with van der Waals surface area (Å²) in [6.07, 6.45) is 0. The van der Waals surface area contributed by atoms with Crippen molar-refractivity contribution in [3.63, 3.8) is 0 Å². The Labute approximate surface area is 274 Å². The van der Waals surface area contributed by atoms with Crippen molar-refractivity contribution in [2.45, 2.75) is 0 Å². The Morgan fingerprint density at radius 2 is 0.190 bits per heavy atom. The molecule has 0 aliphatic heterocycles. The van der Waals surface area contributed by atoms with Gasteiger partial charge in [-0.05, 0) is 0 Å². The van der Waals surface area contributed by atoms with Gasteiger partial charge in [-0.25, -0.2) is 0 Å². The Bertz CT molecular complexity index is 476. The molecule has 0 spiro atoms. The van der Waals surface area contributed by atoms with Crippen molar-refractivity contribution in [1.82, 2.24) is 0 Å². The van der Waals surface area contributed by atoms with Crippen molar-refractivity contribution in [1.29, 1.82) is 0 Å². The minimum absolute atomic E-state index is 0. The van der Waals surface area contributed by atoms with Crippen molar-refractivity contribution in [3.05, 3.63) is 153 Å². The van der Waals surface area contributed by atoms with Gasteiger partial charge < -0.3 is 153 Å². The Balaban J connectivity index is -0.0000000237. The van der Waals surface area contributed by atoms with E-state index >= 15 is 0 Å². The monoisotopic (exact) mass is 1090 g/mol. The summed E-state index contributed by atoms with van der Waals surface area (Å²) < 4.78 is 0. The molecule has 0 aromatic carbocycles. The topological polar surface area (TPSA) is 662 Å². The smallest absolute Gasteiger partial charge is 0.356 e. The molecule has 0 radical (unpaired) electrons. The van der Waals surface area contributed by atoms with E-state index in [1.165, 1.54) is 0 Å². The molecule has 0 atom stereocenters. The van der Waals surface area contributed by atoms with E-state index in [1.54, 1.807) is 0 Å². The second-order valence-electron chi connectivity index (χ2n) is 2.24. The Morgan fingerprint density at radius 3 is 0.190 bits per heavy atom. The van der Waals surface area contributed by atoms with E-state index in [0.29, 0.717) is 0 Å². The van der Waals surface area contributed by atoms with Crippen LogP contribution in [0.15, 0.2) is 0 Å². The molecule has 0 saturated carbocycles. The first-order valence-electron chi connectivity index (χ1n) is 5.48. The van der Waals surface area contributed by atoms with Crippen molar-refractivity contribution in [3.8, 4) is 0 Å². The molecule has 0 unspecified atom stereocenters. The summed E-state index contributed by atoms with van der Waals surface area (Å²) in [5.41, 5.74) is 0. The maximum Gasteiger partial charge on any atom is 6.00 e. The van der Waals surface area contributed by atoms with Gasteiger partial charge in [-0.1, -0.05) is 0 Å². The van der Waals surface area contributed by atoms with Crippen molar-refractivity contribution in [2.24, 2.45) is 0 Å². The summed E-state index contributed by atoms with van der Waals surface area (Å²) in [5.74, 6) is 0. The third kappa shape index (κ3) is 1210. The molecule has 0 rings (SSSR count). The average Bonchev–Trinajstić information content (AvgIpc) is 2.47. The molecule has 0 aromatic heterocycles. The van der Waals surface area contributed by atoms with Crippen LogP contribution in [0.5, 0.6) is 0 Å². The van der Waals surface area contributed by atoms with Crippen LogP contribution in [0, 0.1) is 224 Å². The molecule has 0 N–H and O–H groups in total. The molecule has 42 heteroatoms. The molecule has 0 heterocycles. The first kappa shape index (κ1) is 76.6. The van der Waals surface area contributed by atoms with Crippen molar-refractivity contribution in [2.75, 3.05) is 0 Å². The minimum Gasteiger partial charge on any atom is -0.356 e. The van der Waals surface area contributed by atoms with Gasteiger partial charge in [0.1, 0.15) is 0 Å². The molecular formula is N10O30ThU. The summed E-state index contributed by atoms with van der Waals surface area (Å²) in [7, 11) is 0. The number of hydrogen-bond donors (Lipinski definition) is 0. The Kier molecular flexibility index (Phi) is 128. The van der Waals surface area contributed by atoms with Gasteiger partial charge in [-0.2, -0.15) is 0 Å². The van der Waals surface area contributed by atoms with Crippen LogP contribution in [-0.2, 0) is 0 Å². The van der Waals surface area contributed by atoms with E-state index in [1.807, 2.05) is 0 Å². The maximum absolute atomic E-state index is 8.25.